The minimum absolute atomic E-state index is 0.114. The number of carbonyl (C=O) groups is 2. The fraction of sp³-hybridized carbons (Fsp3) is 0.111. The molecule has 1 saturated heterocycles. The molecule has 0 N–H and O–H groups in total. The van der Waals surface area contributed by atoms with Crippen LogP contribution in [0.5, 0.6) is 5.75 Å². The number of halogens is 3. The number of anilines is 1. The molecular formula is C18H12F3NO3S. The molecule has 4 nitrogen and oxygen atoms in total. The third-order valence-corrected chi connectivity index (χ3v) is 4.49. The maximum atomic E-state index is 12.9. The average Bonchev–Trinajstić information content (AvgIpc) is 2.88. The van der Waals surface area contributed by atoms with Gasteiger partial charge in [0, 0.05) is 0 Å². The van der Waals surface area contributed by atoms with Gasteiger partial charge in [-0.25, -0.2) is 4.90 Å². The SMILES string of the molecule is COc1cccc(/C=C2\SC(=O)N(c3cccc(C(F)(F)F)c3)C2=O)c1. The van der Waals surface area contributed by atoms with E-state index in [1.807, 2.05) is 0 Å². The maximum absolute atomic E-state index is 12.9. The van der Waals surface area contributed by atoms with Gasteiger partial charge in [0.2, 0.25) is 0 Å². The van der Waals surface area contributed by atoms with Crippen molar-refractivity contribution in [3.63, 3.8) is 0 Å². The average molecular weight is 379 g/mol. The van der Waals surface area contributed by atoms with Gasteiger partial charge in [-0.2, -0.15) is 13.2 Å². The molecule has 1 aliphatic rings. The van der Waals surface area contributed by atoms with Crippen molar-refractivity contribution in [2.24, 2.45) is 0 Å². The van der Waals surface area contributed by atoms with Gasteiger partial charge >= 0.3 is 6.18 Å². The molecular weight excluding hydrogens is 367 g/mol. The Balaban J connectivity index is 1.93. The standard InChI is InChI=1S/C18H12F3NO3S/c1-25-14-7-2-4-11(8-14)9-15-16(23)22(17(24)26-15)13-6-3-5-12(10-13)18(19,20)21/h2-10H,1H3/b15-9-. The Bertz CT molecular complexity index is 909. The number of hydrogen-bond donors (Lipinski definition) is 0. The van der Waals surface area contributed by atoms with Crippen LogP contribution in [0.2, 0.25) is 0 Å². The molecule has 0 unspecified atom stereocenters. The van der Waals surface area contributed by atoms with Gasteiger partial charge in [0.25, 0.3) is 11.1 Å². The Morgan fingerprint density at radius 2 is 1.81 bits per heavy atom. The Morgan fingerprint density at radius 1 is 1.08 bits per heavy atom. The number of ether oxygens (including phenoxy) is 1. The van der Waals surface area contributed by atoms with Crippen LogP contribution in [0.15, 0.2) is 53.4 Å². The molecule has 2 amide bonds. The van der Waals surface area contributed by atoms with Crippen LogP contribution >= 0.6 is 11.8 Å². The molecule has 0 aromatic heterocycles. The number of thioether (sulfide) groups is 1. The minimum Gasteiger partial charge on any atom is -0.497 e. The van der Waals surface area contributed by atoms with Crippen LogP contribution in [0.3, 0.4) is 0 Å². The predicted molar refractivity (Wildman–Crippen MR) is 92.9 cm³/mol. The van der Waals surface area contributed by atoms with Crippen molar-refractivity contribution in [3.8, 4) is 5.75 Å². The highest BCUT2D eigenvalue weighted by molar-refractivity contribution is 8.19. The third-order valence-electron chi connectivity index (χ3n) is 3.62. The number of carbonyl (C=O) groups excluding carboxylic acids is 2. The van der Waals surface area contributed by atoms with E-state index in [2.05, 4.69) is 0 Å². The number of benzene rings is 2. The van der Waals surface area contributed by atoms with Crippen LogP contribution in [0.1, 0.15) is 11.1 Å². The first kappa shape index (κ1) is 18.1. The van der Waals surface area contributed by atoms with Gasteiger partial charge in [0.1, 0.15) is 5.75 Å². The second-order valence-corrected chi connectivity index (χ2v) is 6.34. The molecule has 2 aromatic rings. The lowest BCUT2D eigenvalue weighted by Crippen LogP contribution is -2.28. The van der Waals surface area contributed by atoms with Crippen LogP contribution in [0.4, 0.5) is 23.7 Å². The molecule has 1 aliphatic heterocycles. The van der Waals surface area contributed by atoms with Gasteiger partial charge < -0.3 is 4.74 Å². The molecule has 0 saturated carbocycles. The van der Waals surface area contributed by atoms with Gasteiger partial charge in [-0.05, 0) is 53.7 Å². The highest BCUT2D eigenvalue weighted by Crippen LogP contribution is 2.38. The van der Waals surface area contributed by atoms with E-state index in [0.29, 0.717) is 23.1 Å². The van der Waals surface area contributed by atoms with Crippen LogP contribution in [0, 0.1) is 0 Å². The van der Waals surface area contributed by atoms with E-state index < -0.39 is 22.9 Å². The summed E-state index contributed by atoms with van der Waals surface area (Å²) in [5.74, 6) is -0.0852. The zero-order valence-electron chi connectivity index (χ0n) is 13.4. The second kappa shape index (κ2) is 6.87. The van der Waals surface area contributed by atoms with Crippen LogP contribution in [0.25, 0.3) is 6.08 Å². The molecule has 0 bridgehead atoms. The van der Waals surface area contributed by atoms with Gasteiger partial charge in [-0.3, -0.25) is 9.59 Å². The van der Waals surface area contributed by atoms with E-state index in [0.717, 1.165) is 23.1 Å². The first-order chi connectivity index (χ1) is 12.3. The fourth-order valence-corrected chi connectivity index (χ4v) is 3.24. The Labute approximate surface area is 151 Å². The van der Waals surface area contributed by atoms with Crippen molar-refractivity contribution in [2.45, 2.75) is 6.18 Å². The highest BCUT2D eigenvalue weighted by Gasteiger charge is 2.38. The summed E-state index contributed by atoms with van der Waals surface area (Å²) in [7, 11) is 1.50. The number of hydrogen-bond acceptors (Lipinski definition) is 4. The number of rotatable bonds is 3. The van der Waals surface area contributed by atoms with Crippen molar-refractivity contribution in [3.05, 3.63) is 64.6 Å². The monoisotopic (exact) mass is 379 g/mol. The number of alkyl halides is 3. The maximum Gasteiger partial charge on any atom is 0.416 e. The summed E-state index contributed by atoms with van der Waals surface area (Å²) >= 11 is 0.675. The van der Waals surface area contributed by atoms with E-state index in [1.165, 1.54) is 19.3 Å². The number of amides is 2. The fourth-order valence-electron chi connectivity index (χ4n) is 2.39. The first-order valence-electron chi connectivity index (χ1n) is 7.39. The van der Waals surface area contributed by atoms with Crippen molar-refractivity contribution < 1.29 is 27.5 Å². The lowest BCUT2D eigenvalue weighted by molar-refractivity contribution is -0.137. The Morgan fingerprint density at radius 3 is 2.50 bits per heavy atom. The molecule has 26 heavy (non-hydrogen) atoms. The molecule has 0 atom stereocenters. The molecule has 134 valence electrons. The topological polar surface area (TPSA) is 46.6 Å². The number of imide groups is 1. The van der Waals surface area contributed by atoms with E-state index in [-0.39, 0.29) is 10.6 Å². The summed E-state index contributed by atoms with van der Waals surface area (Å²) in [5, 5.41) is -0.650. The zero-order chi connectivity index (χ0) is 18.9. The van der Waals surface area contributed by atoms with E-state index in [4.69, 9.17) is 4.74 Å². The third kappa shape index (κ3) is 3.60. The Hall–Kier alpha value is -2.74. The summed E-state index contributed by atoms with van der Waals surface area (Å²) in [6.45, 7) is 0. The second-order valence-electron chi connectivity index (χ2n) is 5.34. The highest BCUT2D eigenvalue weighted by atomic mass is 32.2. The van der Waals surface area contributed by atoms with Crippen LogP contribution in [-0.4, -0.2) is 18.3 Å². The van der Waals surface area contributed by atoms with Crippen molar-refractivity contribution in [2.75, 3.05) is 12.0 Å². The largest absolute Gasteiger partial charge is 0.497 e. The molecule has 0 radical (unpaired) electrons. The van der Waals surface area contributed by atoms with Crippen molar-refractivity contribution in [1.29, 1.82) is 0 Å². The lowest BCUT2D eigenvalue weighted by Gasteiger charge is -2.14. The number of methoxy groups -OCH3 is 1. The molecule has 1 heterocycles. The molecule has 2 aromatic carbocycles. The Kier molecular flexibility index (Phi) is 4.78. The summed E-state index contributed by atoms with van der Waals surface area (Å²) in [4.78, 5) is 25.6. The lowest BCUT2D eigenvalue weighted by atomic mass is 10.1. The minimum atomic E-state index is -4.56. The van der Waals surface area contributed by atoms with Crippen LogP contribution < -0.4 is 9.64 Å². The first-order valence-corrected chi connectivity index (χ1v) is 8.20. The molecule has 3 rings (SSSR count). The van der Waals surface area contributed by atoms with Gasteiger partial charge in [0.15, 0.2) is 0 Å². The van der Waals surface area contributed by atoms with E-state index in [1.54, 1.807) is 24.3 Å². The van der Waals surface area contributed by atoms with Crippen LogP contribution in [-0.2, 0) is 11.0 Å². The van der Waals surface area contributed by atoms with Gasteiger partial charge in [-0.15, -0.1) is 0 Å². The molecule has 0 spiro atoms. The van der Waals surface area contributed by atoms with E-state index in [9.17, 15) is 22.8 Å². The van der Waals surface area contributed by atoms with Crippen molar-refractivity contribution >= 4 is 34.7 Å². The van der Waals surface area contributed by atoms with Gasteiger partial charge in [0.05, 0.1) is 23.3 Å². The summed E-state index contributed by atoms with van der Waals surface area (Å²) in [6, 6.07) is 11.0. The molecule has 1 fully saturated rings. The number of nitrogens with zero attached hydrogens (tertiary/aromatic N) is 1. The summed E-state index contributed by atoms with van der Waals surface area (Å²) in [6.07, 6.45) is -3.06. The smallest absolute Gasteiger partial charge is 0.416 e. The van der Waals surface area contributed by atoms with Gasteiger partial charge in [-0.1, -0.05) is 18.2 Å². The zero-order valence-corrected chi connectivity index (χ0v) is 14.2. The van der Waals surface area contributed by atoms with Crippen molar-refractivity contribution in [1.82, 2.24) is 0 Å². The van der Waals surface area contributed by atoms with E-state index >= 15 is 0 Å². The molecule has 8 heteroatoms. The summed E-state index contributed by atoms with van der Waals surface area (Å²) in [5.41, 5.74) is -0.402. The quantitative estimate of drug-likeness (QED) is 0.708. The normalized spacial score (nSPS) is 16.5. The molecule has 0 aliphatic carbocycles. The predicted octanol–water partition coefficient (Wildman–Crippen LogP) is 4.95. The summed E-state index contributed by atoms with van der Waals surface area (Å²) < 4.78 is 43.7.